The maximum absolute atomic E-state index is 11.2. The first-order valence-corrected chi connectivity index (χ1v) is 7.43. The number of hydrogen-bond acceptors (Lipinski definition) is 5. The van der Waals surface area contributed by atoms with E-state index in [1.807, 2.05) is 0 Å². The summed E-state index contributed by atoms with van der Waals surface area (Å²) in [6, 6.07) is 1.51. The number of anilines is 1. The van der Waals surface area contributed by atoms with Gasteiger partial charge in [-0.1, -0.05) is 13.8 Å². The van der Waals surface area contributed by atoms with Gasteiger partial charge >= 0.3 is 5.69 Å². The maximum atomic E-state index is 11.2. The largest absolute Gasteiger partial charge is 0.388 e. The summed E-state index contributed by atoms with van der Waals surface area (Å²) in [6.07, 6.45) is 0.402. The molecule has 1 N–H and O–H groups in total. The fourth-order valence-corrected chi connectivity index (χ4v) is 3.50. The molecule has 6 heteroatoms. The zero-order valence-corrected chi connectivity index (χ0v) is 12.3. The van der Waals surface area contributed by atoms with Gasteiger partial charge in [0.1, 0.15) is 0 Å². The van der Waals surface area contributed by atoms with Crippen LogP contribution in [-0.4, -0.2) is 23.1 Å². The van der Waals surface area contributed by atoms with Gasteiger partial charge in [-0.25, -0.2) is 0 Å². The van der Waals surface area contributed by atoms with Crippen molar-refractivity contribution in [1.82, 2.24) is 0 Å². The minimum absolute atomic E-state index is 0.127. The summed E-state index contributed by atoms with van der Waals surface area (Å²) in [5.41, 5.74) is 0.127. The van der Waals surface area contributed by atoms with Crippen molar-refractivity contribution in [3.05, 3.63) is 21.1 Å². The number of rotatable bonds is 3. The summed E-state index contributed by atoms with van der Waals surface area (Å²) in [4.78, 5) is 13.6. The highest BCUT2D eigenvalue weighted by Crippen LogP contribution is 2.42. The van der Waals surface area contributed by atoms with Crippen molar-refractivity contribution in [2.75, 3.05) is 18.0 Å². The van der Waals surface area contributed by atoms with E-state index in [9.17, 15) is 15.2 Å². The predicted octanol–water partition coefficient (Wildman–Crippen LogP) is 3.19. The molecule has 106 valence electrons. The molecule has 0 aromatic carbocycles. The molecule has 19 heavy (non-hydrogen) atoms. The van der Waals surface area contributed by atoms with E-state index in [2.05, 4.69) is 18.7 Å². The minimum Gasteiger partial charge on any atom is -0.388 e. The average Bonchev–Trinajstić information content (AvgIpc) is 2.78. The predicted molar refractivity (Wildman–Crippen MR) is 76.8 cm³/mol. The third kappa shape index (κ3) is 2.90. The lowest BCUT2D eigenvalue weighted by molar-refractivity contribution is -0.383. The van der Waals surface area contributed by atoms with Gasteiger partial charge in [0.05, 0.1) is 11.0 Å². The Balaban J connectivity index is 2.30. The summed E-state index contributed by atoms with van der Waals surface area (Å²) in [7, 11) is 0. The molecule has 1 aliphatic rings. The molecule has 0 bridgehead atoms. The molecule has 2 unspecified atom stereocenters. The molecule has 2 rings (SSSR count). The van der Waals surface area contributed by atoms with Crippen LogP contribution in [0.2, 0.25) is 0 Å². The quantitative estimate of drug-likeness (QED) is 0.683. The van der Waals surface area contributed by atoms with Crippen LogP contribution in [0.1, 0.15) is 38.2 Å². The van der Waals surface area contributed by atoms with Crippen molar-refractivity contribution in [1.29, 1.82) is 0 Å². The first-order valence-electron chi connectivity index (χ1n) is 6.61. The van der Waals surface area contributed by atoms with Gasteiger partial charge in [-0.3, -0.25) is 10.1 Å². The monoisotopic (exact) mass is 284 g/mol. The topological polar surface area (TPSA) is 66.6 Å². The molecule has 3 atom stereocenters. The number of nitrogens with zero attached hydrogens (tertiary/aromatic N) is 2. The second-order valence-corrected chi connectivity index (χ2v) is 6.52. The Morgan fingerprint density at radius 1 is 1.53 bits per heavy atom. The Labute approximate surface area is 117 Å². The molecule has 1 aromatic heterocycles. The Morgan fingerprint density at radius 2 is 2.21 bits per heavy atom. The molecule has 0 amide bonds. The van der Waals surface area contributed by atoms with Crippen LogP contribution in [0.5, 0.6) is 0 Å². The van der Waals surface area contributed by atoms with Crippen molar-refractivity contribution >= 4 is 22.0 Å². The van der Waals surface area contributed by atoms with E-state index in [4.69, 9.17) is 0 Å². The molecule has 2 heterocycles. The first-order chi connectivity index (χ1) is 8.90. The number of thiophene rings is 1. The number of aliphatic hydroxyl groups is 1. The molecule has 1 aliphatic heterocycles. The second-order valence-electron chi connectivity index (χ2n) is 5.46. The van der Waals surface area contributed by atoms with Gasteiger partial charge < -0.3 is 10.0 Å². The average molecular weight is 284 g/mol. The standard InChI is InChI=1S/C13H20N2O3S/c1-8-4-5-14(7-9(8)2)13-11(15(17)18)6-12(19-13)10(3)16/h6,8-10,16H,4-5,7H2,1-3H3/t8?,9?,10-/m1/s1. The van der Waals surface area contributed by atoms with Crippen LogP contribution >= 0.6 is 11.3 Å². The SMILES string of the molecule is CC1CCN(c2sc([C@@H](C)O)cc2[N+](=O)[O-])CC1C. The van der Waals surface area contributed by atoms with Gasteiger partial charge in [-0.05, 0) is 25.2 Å². The smallest absolute Gasteiger partial charge is 0.304 e. The highest BCUT2D eigenvalue weighted by atomic mass is 32.1. The molecule has 1 saturated heterocycles. The summed E-state index contributed by atoms with van der Waals surface area (Å²) in [5.74, 6) is 1.19. The van der Waals surface area contributed by atoms with Crippen LogP contribution in [0.25, 0.3) is 0 Å². The second kappa shape index (κ2) is 5.46. The van der Waals surface area contributed by atoms with E-state index < -0.39 is 6.10 Å². The van der Waals surface area contributed by atoms with E-state index in [1.54, 1.807) is 6.92 Å². The van der Waals surface area contributed by atoms with E-state index in [-0.39, 0.29) is 10.6 Å². The number of hydrogen-bond donors (Lipinski definition) is 1. The zero-order chi connectivity index (χ0) is 14.2. The van der Waals surface area contributed by atoms with Crippen LogP contribution in [0.4, 0.5) is 10.7 Å². The fraction of sp³-hybridized carbons (Fsp3) is 0.692. The molecule has 1 aromatic rings. The highest BCUT2D eigenvalue weighted by molar-refractivity contribution is 7.16. The van der Waals surface area contributed by atoms with Crippen LogP contribution < -0.4 is 4.90 Å². The van der Waals surface area contributed by atoms with Crippen molar-refractivity contribution in [2.45, 2.75) is 33.3 Å². The summed E-state index contributed by atoms with van der Waals surface area (Å²) < 4.78 is 0. The van der Waals surface area contributed by atoms with Gasteiger partial charge in [0, 0.05) is 24.0 Å². The Morgan fingerprint density at radius 3 is 2.74 bits per heavy atom. The highest BCUT2D eigenvalue weighted by Gasteiger charge is 2.30. The zero-order valence-electron chi connectivity index (χ0n) is 11.5. The Kier molecular flexibility index (Phi) is 4.10. The normalized spacial score (nSPS) is 25.4. The molecular weight excluding hydrogens is 264 g/mol. The molecule has 0 spiro atoms. The summed E-state index contributed by atoms with van der Waals surface area (Å²) in [6.45, 7) is 7.76. The Hall–Kier alpha value is -1.14. The van der Waals surface area contributed by atoms with Crippen molar-refractivity contribution in [3.8, 4) is 0 Å². The fourth-order valence-electron chi connectivity index (χ4n) is 2.40. The van der Waals surface area contributed by atoms with Crippen LogP contribution in [0.15, 0.2) is 6.07 Å². The van der Waals surface area contributed by atoms with E-state index >= 15 is 0 Å². The lowest BCUT2D eigenvalue weighted by atomic mass is 9.89. The lowest BCUT2D eigenvalue weighted by Crippen LogP contribution is -2.38. The maximum Gasteiger partial charge on any atom is 0.304 e. The molecule has 1 fully saturated rings. The van der Waals surface area contributed by atoms with Crippen molar-refractivity contribution in [3.63, 3.8) is 0 Å². The third-order valence-electron chi connectivity index (χ3n) is 3.94. The van der Waals surface area contributed by atoms with Crippen molar-refractivity contribution < 1.29 is 10.0 Å². The molecule has 0 radical (unpaired) electrons. The first kappa shape index (κ1) is 14.3. The number of aliphatic hydroxyl groups excluding tert-OH is 1. The van der Waals surface area contributed by atoms with E-state index in [1.165, 1.54) is 17.4 Å². The Bertz CT molecular complexity index is 472. The molecule has 5 nitrogen and oxygen atoms in total. The third-order valence-corrected chi connectivity index (χ3v) is 5.30. The summed E-state index contributed by atoms with van der Waals surface area (Å²) >= 11 is 1.34. The lowest BCUT2D eigenvalue weighted by Gasteiger charge is -2.35. The number of piperidine rings is 1. The number of nitro groups is 1. The van der Waals surface area contributed by atoms with Crippen LogP contribution in [0.3, 0.4) is 0 Å². The van der Waals surface area contributed by atoms with Crippen LogP contribution in [0, 0.1) is 22.0 Å². The summed E-state index contributed by atoms with van der Waals surface area (Å²) in [5, 5.41) is 21.4. The van der Waals surface area contributed by atoms with Gasteiger partial charge in [0.15, 0.2) is 5.00 Å². The van der Waals surface area contributed by atoms with Crippen LogP contribution in [-0.2, 0) is 0 Å². The van der Waals surface area contributed by atoms with Crippen molar-refractivity contribution in [2.24, 2.45) is 11.8 Å². The van der Waals surface area contributed by atoms with Gasteiger partial charge in [-0.2, -0.15) is 0 Å². The van der Waals surface area contributed by atoms with Gasteiger partial charge in [-0.15, -0.1) is 11.3 Å². The molecule has 0 aliphatic carbocycles. The van der Waals surface area contributed by atoms with Gasteiger partial charge in [0.25, 0.3) is 0 Å². The molecule has 0 saturated carbocycles. The van der Waals surface area contributed by atoms with E-state index in [0.29, 0.717) is 21.7 Å². The molecular formula is C13H20N2O3S. The van der Waals surface area contributed by atoms with E-state index in [0.717, 1.165) is 19.5 Å². The minimum atomic E-state index is -0.654. The van der Waals surface area contributed by atoms with Gasteiger partial charge in [0.2, 0.25) is 0 Å².